The topological polar surface area (TPSA) is 71.3 Å². The highest BCUT2D eigenvalue weighted by Crippen LogP contribution is 2.40. The van der Waals surface area contributed by atoms with Crippen LogP contribution in [0.1, 0.15) is 42.0 Å². The number of allylic oxidation sites excluding steroid dienone is 1. The fourth-order valence-corrected chi connectivity index (χ4v) is 5.00. The molecule has 0 spiro atoms. The van der Waals surface area contributed by atoms with Crippen molar-refractivity contribution in [1.82, 2.24) is 15.5 Å². The summed E-state index contributed by atoms with van der Waals surface area (Å²) in [6.45, 7) is 1.89. The third kappa shape index (κ3) is 3.79. The van der Waals surface area contributed by atoms with Gasteiger partial charge >= 0.3 is 6.03 Å². The van der Waals surface area contributed by atoms with Crippen LogP contribution in [0.5, 0.6) is 0 Å². The zero-order valence-electron chi connectivity index (χ0n) is 19.2. The highest BCUT2D eigenvalue weighted by Gasteiger charge is 2.36. The maximum absolute atomic E-state index is 13.8. The van der Waals surface area contributed by atoms with Gasteiger partial charge in [0.25, 0.3) is 5.89 Å². The van der Waals surface area contributed by atoms with Crippen molar-refractivity contribution in [2.75, 3.05) is 4.90 Å². The van der Waals surface area contributed by atoms with Crippen LogP contribution in [0.25, 0.3) is 17.0 Å². The fourth-order valence-electron chi connectivity index (χ4n) is 5.00. The van der Waals surface area contributed by atoms with Gasteiger partial charge in [-0.15, -0.1) is 0 Å². The van der Waals surface area contributed by atoms with Crippen molar-refractivity contribution in [3.63, 3.8) is 0 Å². The number of amides is 2. The molecule has 4 aromatic rings. The van der Waals surface area contributed by atoms with Crippen LogP contribution < -0.4 is 10.2 Å². The largest absolute Gasteiger partial charge is 0.334 e. The number of nitrogens with one attached hydrogen (secondary N) is 1. The summed E-state index contributed by atoms with van der Waals surface area (Å²) in [6, 6.07) is 21.2. The van der Waals surface area contributed by atoms with Crippen molar-refractivity contribution in [1.29, 1.82) is 0 Å². The Kier molecular flexibility index (Phi) is 5.17. The molecule has 0 radical (unpaired) electrons. The summed E-state index contributed by atoms with van der Waals surface area (Å²) in [4.78, 5) is 19.7. The first-order valence-electron chi connectivity index (χ1n) is 11.7. The van der Waals surface area contributed by atoms with Crippen molar-refractivity contribution >= 4 is 17.3 Å². The number of benzene rings is 3. The number of carbonyl (C=O) groups excluding carboxylic acids is 1. The predicted molar refractivity (Wildman–Crippen MR) is 131 cm³/mol. The highest BCUT2D eigenvalue weighted by atomic mass is 19.1. The first kappa shape index (κ1) is 21.3. The Morgan fingerprint density at radius 2 is 1.83 bits per heavy atom. The predicted octanol–water partition coefficient (Wildman–Crippen LogP) is 6.07. The van der Waals surface area contributed by atoms with Gasteiger partial charge in [-0.05, 0) is 67.1 Å². The van der Waals surface area contributed by atoms with Gasteiger partial charge in [0.1, 0.15) is 5.82 Å². The van der Waals surface area contributed by atoms with E-state index in [2.05, 4.69) is 27.6 Å². The van der Waals surface area contributed by atoms with E-state index in [4.69, 9.17) is 4.52 Å². The van der Waals surface area contributed by atoms with Crippen LogP contribution in [0.15, 0.2) is 83.0 Å². The number of aryl methyl sites for hydroxylation is 2. The van der Waals surface area contributed by atoms with E-state index in [1.807, 2.05) is 43.3 Å². The number of anilines is 1. The first-order chi connectivity index (χ1) is 17.1. The summed E-state index contributed by atoms with van der Waals surface area (Å²) in [5.74, 6) is 0.188. The summed E-state index contributed by atoms with van der Waals surface area (Å²) < 4.78 is 19.5. The van der Waals surface area contributed by atoms with Crippen LogP contribution in [0, 0.1) is 5.82 Å². The molecule has 1 aliphatic carbocycles. The van der Waals surface area contributed by atoms with E-state index >= 15 is 0 Å². The van der Waals surface area contributed by atoms with E-state index in [0.717, 1.165) is 30.5 Å². The number of hydrogen-bond donors (Lipinski definition) is 1. The minimum Gasteiger partial charge on any atom is -0.334 e. The van der Waals surface area contributed by atoms with Gasteiger partial charge in [0.2, 0.25) is 5.82 Å². The number of carbonyl (C=O) groups is 1. The quantitative estimate of drug-likeness (QED) is 0.396. The first-order valence-corrected chi connectivity index (χ1v) is 11.7. The maximum atomic E-state index is 13.8. The van der Waals surface area contributed by atoms with Gasteiger partial charge in [-0.25, -0.2) is 9.18 Å². The number of halogens is 1. The van der Waals surface area contributed by atoms with Crippen molar-refractivity contribution in [3.05, 3.63) is 107 Å². The molecule has 7 heteroatoms. The van der Waals surface area contributed by atoms with E-state index in [-0.39, 0.29) is 23.6 Å². The molecule has 35 heavy (non-hydrogen) atoms. The van der Waals surface area contributed by atoms with Gasteiger partial charge in [-0.3, -0.25) is 4.90 Å². The molecule has 0 fully saturated rings. The standard InChI is InChI=1S/C28H23FN4O2/c1-17-24(27-31-26(32-35-27)21-11-6-12-22(29)15-21)25(19-7-3-2-4-8-19)30-28(34)33(17)23-14-13-18-9-5-10-20(18)16-23/h2-4,6-8,11-16,25H,5,9-10H2,1H3,(H,30,34). The molecule has 2 amide bonds. The Hall–Kier alpha value is -4.26. The van der Waals surface area contributed by atoms with Gasteiger partial charge in [0.05, 0.1) is 17.3 Å². The summed E-state index contributed by atoms with van der Waals surface area (Å²) in [6.07, 6.45) is 3.22. The highest BCUT2D eigenvalue weighted by molar-refractivity contribution is 6.01. The van der Waals surface area contributed by atoms with Crippen molar-refractivity contribution < 1.29 is 13.7 Å². The molecule has 1 aromatic heterocycles. The average Bonchev–Trinajstić information content (AvgIpc) is 3.54. The maximum Gasteiger partial charge on any atom is 0.326 e. The molecule has 3 aromatic carbocycles. The number of rotatable bonds is 4. The lowest BCUT2D eigenvalue weighted by Crippen LogP contribution is -2.46. The second kappa shape index (κ2) is 8.51. The van der Waals surface area contributed by atoms with E-state index in [1.54, 1.807) is 17.0 Å². The second-order valence-electron chi connectivity index (χ2n) is 8.87. The molecule has 2 aliphatic rings. The Bertz CT molecular complexity index is 1460. The van der Waals surface area contributed by atoms with Crippen LogP contribution >= 0.6 is 0 Å². The summed E-state index contributed by atoms with van der Waals surface area (Å²) >= 11 is 0. The molecule has 6 nitrogen and oxygen atoms in total. The van der Waals surface area contributed by atoms with Crippen LogP contribution in [0.4, 0.5) is 14.9 Å². The van der Waals surface area contributed by atoms with E-state index in [1.165, 1.54) is 23.3 Å². The van der Waals surface area contributed by atoms with E-state index in [9.17, 15) is 9.18 Å². The molecular formula is C28H23FN4O2. The zero-order chi connectivity index (χ0) is 23.9. The van der Waals surface area contributed by atoms with Crippen molar-refractivity contribution in [2.24, 2.45) is 0 Å². The molecule has 0 saturated heterocycles. The molecule has 174 valence electrons. The van der Waals surface area contributed by atoms with Gasteiger partial charge in [-0.2, -0.15) is 4.98 Å². The summed E-state index contributed by atoms with van der Waals surface area (Å²) in [7, 11) is 0. The van der Waals surface area contributed by atoms with Gasteiger partial charge in [0.15, 0.2) is 0 Å². The monoisotopic (exact) mass is 466 g/mol. The molecule has 1 N–H and O–H groups in total. The number of aromatic nitrogens is 2. The van der Waals surface area contributed by atoms with Gasteiger partial charge in [0, 0.05) is 11.3 Å². The van der Waals surface area contributed by atoms with Crippen LogP contribution in [0.2, 0.25) is 0 Å². The van der Waals surface area contributed by atoms with Crippen LogP contribution in [-0.2, 0) is 12.8 Å². The molecule has 2 heterocycles. The number of fused-ring (bicyclic) bond motifs is 1. The molecule has 6 rings (SSSR count). The smallest absolute Gasteiger partial charge is 0.326 e. The zero-order valence-corrected chi connectivity index (χ0v) is 19.2. The van der Waals surface area contributed by atoms with Crippen molar-refractivity contribution in [2.45, 2.75) is 32.2 Å². The molecular weight excluding hydrogens is 443 g/mol. The number of nitrogens with zero attached hydrogens (tertiary/aromatic N) is 3. The lowest BCUT2D eigenvalue weighted by Gasteiger charge is -2.35. The lowest BCUT2D eigenvalue weighted by atomic mass is 9.94. The Morgan fingerprint density at radius 1 is 1.00 bits per heavy atom. The second-order valence-corrected chi connectivity index (χ2v) is 8.87. The Labute approximate surface area is 202 Å². The molecule has 0 bridgehead atoms. The minimum absolute atomic E-state index is 0.220. The van der Waals surface area contributed by atoms with E-state index < -0.39 is 6.04 Å². The third-order valence-electron chi connectivity index (χ3n) is 6.70. The SMILES string of the molecule is CC1=C(c2nc(-c3cccc(F)c3)no2)C(c2ccccc2)NC(=O)N1c1ccc2c(c1)CCC2. The molecule has 0 saturated carbocycles. The molecule has 1 unspecified atom stereocenters. The Morgan fingerprint density at radius 3 is 2.66 bits per heavy atom. The van der Waals surface area contributed by atoms with Gasteiger partial charge < -0.3 is 9.84 Å². The lowest BCUT2D eigenvalue weighted by molar-refractivity contribution is 0.244. The Balaban J connectivity index is 1.49. The minimum atomic E-state index is -0.477. The van der Waals surface area contributed by atoms with Crippen LogP contribution in [-0.4, -0.2) is 16.2 Å². The normalized spacial score (nSPS) is 17.5. The number of hydrogen-bond acceptors (Lipinski definition) is 4. The summed E-state index contributed by atoms with van der Waals surface area (Å²) in [5, 5.41) is 7.24. The fraction of sp³-hybridized carbons (Fsp3) is 0.179. The molecule has 1 atom stereocenters. The van der Waals surface area contributed by atoms with Crippen LogP contribution in [0.3, 0.4) is 0 Å². The van der Waals surface area contributed by atoms with Crippen molar-refractivity contribution in [3.8, 4) is 11.4 Å². The number of urea groups is 1. The third-order valence-corrected chi connectivity index (χ3v) is 6.70. The molecule has 1 aliphatic heterocycles. The summed E-state index contributed by atoms with van der Waals surface area (Å²) in [5.41, 5.74) is 6.24. The average molecular weight is 467 g/mol. The van der Waals surface area contributed by atoms with Gasteiger partial charge in [-0.1, -0.05) is 53.7 Å². The van der Waals surface area contributed by atoms with E-state index in [0.29, 0.717) is 16.8 Å².